The summed E-state index contributed by atoms with van der Waals surface area (Å²) in [5.74, 6) is 0.0960. The summed E-state index contributed by atoms with van der Waals surface area (Å²) in [7, 11) is 1.38. The van der Waals surface area contributed by atoms with E-state index in [2.05, 4.69) is 0 Å². The molecule has 1 aromatic rings. The van der Waals surface area contributed by atoms with Crippen molar-refractivity contribution in [2.45, 2.75) is 26.7 Å². The van der Waals surface area contributed by atoms with Crippen molar-refractivity contribution in [1.82, 2.24) is 0 Å². The second-order valence-corrected chi connectivity index (χ2v) is 4.52. The molecule has 0 spiro atoms. The molecule has 0 heterocycles. The van der Waals surface area contributed by atoms with E-state index in [1.807, 2.05) is 13.8 Å². The van der Waals surface area contributed by atoms with E-state index in [1.54, 1.807) is 12.1 Å². The SMILES string of the molecule is COc1cc(C(C(C)=O)C(C)C)ccc1[N+](=O)[O-]. The Labute approximate surface area is 106 Å². The van der Waals surface area contributed by atoms with E-state index < -0.39 is 4.92 Å². The van der Waals surface area contributed by atoms with E-state index in [4.69, 9.17) is 4.74 Å². The van der Waals surface area contributed by atoms with Crippen LogP contribution in [0.2, 0.25) is 0 Å². The van der Waals surface area contributed by atoms with Gasteiger partial charge in [0.25, 0.3) is 0 Å². The van der Waals surface area contributed by atoms with E-state index >= 15 is 0 Å². The van der Waals surface area contributed by atoms with Gasteiger partial charge < -0.3 is 4.74 Å². The van der Waals surface area contributed by atoms with Gasteiger partial charge in [0.2, 0.25) is 0 Å². The summed E-state index contributed by atoms with van der Waals surface area (Å²) in [6.45, 7) is 5.42. The Morgan fingerprint density at radius 3 is 2.39 bits per heavy atom. The first-order valence-corrected chi connectivity index (χ1v) is 5.71. The number of hydrogen-bond acceptors (Lipinski definition) is 4. The summed E-state index contributed by atoms with van der Waals surface area (Å²) < 4.78 is 5.00. The minimum Gasteiger partial charge on any atom is -0.490 e. The molecule has 0 N–H and O–H groups in total. The van der Waals surface area contributed by atoms with Gasteiger partial charge in [-0.15, -0.1) is 0 Å². The van der Waals surface area contributed by atoms with Crippen molar-refractivity contribution in [3.05, 3.63) is 33.9 Å². The predicted molar refractivity (Wildman–Crippen MR) is 67.9 cm³/mol. The van der Waals surface area contributed by atoms with Crippen LogP contribution in [0.25, 0.3) is 0 Å². The lowest BCUT2D eigenvalue weighted by molar-refractivity contribution is -0.385. The standard InChI is InChI=1S/C13H17NO4/c1-8(2)13(9(3)15)10-5-6-11(14(16)17)12(7-10)18-4/h5-8,13H,1-4H3. The smallest absolute Gasteiger partial charge is 0.310 e. The van der Waals surface area contributed by atoms with Gasteiger partial charge in [-0.25, -0.2) is 0 Å². The molecular formula is C13H17NO4. The van der Waals surface area contributed by atoms with E-state index in [0.717, 1.165) is 5.56 Å². The first-order valence-electron chi connectivity index (χ1n) is 5.71. The number of nitro benzene ring substituents is 1. The van der Waals surface area contributed by atoms with Crippen LogP contribution >= 0.6 is 0 Å². The van der Waals surface area contributed by atoms with Crippen molar-refractivity contribution in [3.8, 4) is 5.75 Å². The summed E-state index contributed by atoms with van der Waals surface area (Å²) in [5, 5.41) is 10.8. The Morgan fingerprint density at radius 2 is 2.00 bits per heavy atom. The Kier molecular flexibility index (Phi) is 4.42. The molecule has 0 aliphatic heterocycles. The predicted octanol–water partition coefficient (Wildman–Crippen LogP) is 2.93. The molecule has 1 rings (SSSR count). The molecular weight excluding hydrogens is 234 g/mol. The van der Waals surface area contributed by atoms with E-state index in [0.29, 0.717) is 0 Å². The van der Waals surface area contributed by atoms with Gasteiger partial charge in [0.15, 0.2) is 5.75 Å². The average Bonchev–Trinajstić information content (AvgIpc) is 2.27. The zero-order chi connectivity index (χ0) is 13.9. The number of nitro groups is 1. The fourth-order valence-corrected chi connectivity index (χ4v) is 2.13. The number of nitrogens with zero attached hydrogens (tertiary/aromatic N) is 1. The Morgan fingerprint density at radius 1 is 1.39 bits per heavy atom. The molecule has 5 nitrogen and oxygen atoms in total. The Balaban J connectivity index is 3.27. The molecule has 0 saturated heterocycles. The highest BCUT2D eigenvalue weighted by Gasteiger charge is 2.24. The zero-order valence-corrected chi connectivity index (χ0v) is 11.0. The molecule has 0 aromatic heterocycles. The van der Waals surface area contributed by atoms with E-state index in [1.165, 1.54) is 20.1 Å². The maximum atomic E-state index is 11.6. The number of hydrogen-bond donors (Lipinski definition) is 0. The summed E-state index contributed by atoms with van der Waals surface area (Å²) in [4.78, 5) is 21.9. The lowest BCUT2D eigenvalue weighted by atomic mass is 9.85. The van der Waals surface area contributed by atoms with Crippen molar-refractivity contribution in [2.75, 3.05) is 7.11 Å². The lowest BCUT2D eigenvalue weighted by Gasteiger charge is -2.18. The Bertz CT molecular complexity index is 468. The first-order chi connectivity index (χ1) is 8.38. The quantitative estimate of drug-likeness (QED) is 0.596. The maximum Gasteiger partial charge on any atom is 0.310 e. The van der Waals surface area contributed by atoms with Crippen molar-refractivity contribution in [2.24, 2.45) is 5.92 Å². The minimum absolute atomic E-state index is 0.0425. The number of methoxy groups -OCH3 is 1. The molecule has 5 heteroatoms. The summed E-state index contributed by atoms with van der Waals surface area (Å²) in [6.07, 6.45) is 0. The molecule has 0 radical (unpaired) electrons. The third kappa shape index (κ3) is 2.85. The van der Waals surface area contributed by atoms with E-state index in [9.17, 15) is 14.9 Å². The molecule has 1 aromatic carbocycles. The number of ether oxygens (including phenoxy) is 1. The topological polar surface area (TPSA) is 69.4 Å². The maximum absolute atomic E-state index is 11.6. The molecule has 0 aliphatic rings. The van der Waals surface area contributed by atoms with E-state index in [-0.39, 0.29) is 29.1 Å². The summed E-state index contributed by atoms with van der Waals surface area (Å²) in [6, 6.07) is 4.57. The van der Waals surface area contributed by atoms with Gasteiger partial charge >= 0.3 is 5.69 Å². The van der Waals surface area contributed by atoms with Crippen molar-refractivity contribution < 1.29 is 14.5 Å². The van der Waals surface area contributed by atoms with Gasteiger partial charge in [-0.05, 0) is 24.5 Å². The van der Waals surface area contributed by atoms with Gasteiger partial charge in [-0.2, -0.15) is 0 Å². The molecule has 18 heavy (non-hydrogen) atoms. The normalized spacial score (nSPS) is 12.3. The molecule has 1 atom stereocenters. The molecule has 0 fully saturated rings. The molecule has 0 amide bonds. The average molecular weight is 251 g/mol. The summed E-state index contributed by atoms with van der Waals surface area (Å²) >= 11 is 0. The van der Waals surface area contributed by atoms with Crippen molar-refractivity contribution >= 4 is 11.5 Å². The van der Waals surface area contributed by atoms with Gasteiger partial charge in [0.1, 0.15) is 5.78 Å². The highest BCUT2D eigenvalue weighted by atomic mass is 16.6. The minimum atomic E-state index is -0.499. The van der Waals surface area contributed by atoms with Gasteiger partial charge in [0, 0.05) is 12.0 Å². The van der Waals surface area contributed by atoms with Gasteiger partial charge in [0.05, 0.1) is 12.0 Å². The number of ketones is 1. The van der Waals surface area contributed by atoms with Gasteiger partial charge in [-0.1, -0.05) is 19.9 Å². The fourth-order valence-electron chi connectivity index (χ4n) is 2.13. The molecule has 0 saturated carbocycles. The molecule has 0 aliphatic carbocycles. The third-order valence-electron chi connectivity index (χ3n) is 2.86. The van der Waals surface area contributed by atoms with Crippen molar-refractivity contribution in [1.29, 1.82) is 0 Å². The van der Waals surface area contributed by atoms with Crippen LogP contribution in [0.3, 0.4) is 0 Å². The highest BCUT2D eigenvalue weighted by molar-refractivity contribution is 5.84. The number of benzene rings is 1. The zero-order valence-electron chi connectivity index (χ0n) is 11.0. The monoisotopic (exact) mass is 251 g/mol. The van der Waals surface area contributed by atoms with Crippen LogP contribution in [-0.4, -0.2) is 17.8 Å². The number of Topliss-reactive ketones (excluding diaryl/α,β-unsaturated/α-hetero) is 1. The first kappa shape index (κ1) is 14.2. The highest BCUT2D eigenvalue weighted by Crippen LogP contribution is 2.33. The van der Waals surface area contributed by atoms with Crippen LogP contribution in [0, 0.1) is 16.0 Å². The molecule has 0 bridgehead atoms. The van der Waals surface area contributed by atoms with Crippen LogP contribution in [0.15, 0.2) is 18.2 Å². The molecule has 98 valence electrons. The van der Waals surface area contributed by atoms with Gasteiger partial charge in [-0.3, -0.25) is 14.9 Å². The fraction of sp³-hybridized carbons (Fsp3) is 0.462. The number of carbonyl (C=O) groups is 1. The van der Waals surface area contributed by atoms with Crippen molar-refractivity contribution in [3.63, 3.8) is 0 Å². The molecule has 1 unspecified atom stereocenters. The second-order valence-electron chi connectivity index (χ2n) is 4.52. The van der Waals surface area contributed by atoms with Crippen LogP contribution in [0.5, 0.6) is 5.75 Å². The Hall–Kier alpha value is -1.91. The van der Waals surface area contributed by atoms with Crippen LogP contribution in [0.1, 0.15) is 32.3 Å². The lowest BCUT2D eigenvalue weighted by Crippen LogP contribution is -2.15. The van der Waals surface area contributed by atoms with Crippen LogP contribution in [0.4, 0.5) is 5.69 Å². The number of rotatable bonds is 5. The number of carbonyl (C=O) groups excluding carboxylic acids is 1. The second kappa shape index (κ2) is 5.62. The largest absolute Gasteiger partial charge is 0.490 e. The van der Waals surface area contributed by atoms with Crippen LogP contribution in [-0.2, 0) is 4.79 Å². The summed E-state index contributed by atoms with van der Waals surface area (Å²) in [5.41, 5.74) is 0.659. The van der Waals surface area contributed by atoms with Crippen LogP contribution < -0.4 is 4.74 Å². The third-order valence-corrected chi connectivity index (χ3v) is 2.86.